The van der Waals surface area contributed by atoms with E-state index in [9.17, 15) is 14.8 Å². The summed E-state index contributed by atoms with van der Waals surface area (Å²) in [6.45, 7) is 2.14. The molecule has 110 valence electrons. The lowest BCUT2D eigenvalue weighted by Crippen LogP contribution is -2.46. The molecule has 0 aromatic carbocycles. The molecule has 2 atom stereocenters. The second-order valence-corrected chi connectivity index (χ2v) is 6.41. The van der Waals surface area contributed by atoms with Gasteiger partial charge < -0.3 is 15.4 Å². The van der Waals surface area contributed by atoms with Crippen molar-refractivity contribution in [3.8, 4) is 0 Å². The minimum atomic E-state index is -1.47. The zero-order chi connectivity index (χ0) is 14.6. The lowest BCUT2D eigenvalue weighted by molar-refractivity contribution is -0.122. The minimum absolute atomic E-state index is 0.0376. The van der Waals surface area contributed by atoms with Crippen LogP contribution in [0.4, 0.5) is 0 Å². The number of amides is 1. The highest BCUT2D eigenvalue weighted by Crippen LogP contribution is 2.34. The Bertz CT molecular complexity index is 404. The molecule has 5 heteroatoms. The van der Waals surface area contributed by atoms with Crippen LogP contribution in [0.5, 0.6) is 0 Å². The van der Waals surface area contributed by atoms with E-state index < -0.39 is 13.1 Å². The summed E-state index contributed by atoms with van der Waals surface area (Å²) in [6.07, 6.45) is 13.4. The van der Waals surface area contributed by atoms with Gasteiger partial charge in [0.15, 0.2) is 0 Å². The van der Waals surface area contributed by atoms with Crippen molar-refractivity contribution in [3.05, 3.63) is 24.3 Å². The van der Waals surface area contributed by atoms with Gasteiger partial charge in [0.05, 0.1) is 5.94 Å². The van der Waals surface area contributed by atoms with Crippen LogP contribution in [0.1, 0.15) is 45.4 Å². The number of carbonyl (C=O) groups is 1. The number of rotatable bonds is 7. The van der Waals surface area contributed by atoms with E-state index in [1.54, 1.807) is 0 Å². The average Bonchev–Trinajstić information content (AvgIpc) is 3.20. The van der Waals surface area contributed by atoms with Gasteiger partial charge in [-0.15, -0.1) is 0 Å². The maximum atomic E-state index is 12.0. The molecule has 0 heterocycles. The fourth-order valence-electron chi connectivity index (χ4n) is 2.60. The van der Waals surface area contributed by atoms with Crippen molar-refractivity contribution >= 4 is 13.0 Å². The Morgan fingerprint density at radius 1 is 1.45 bits per heavy atom. The Morgan fingerprint density at radius 3 is 2.75 bits per heavy atom. The average molecular weight is 277 g/mol. The predicted octanol–water partition coefficient (Wildman–Crippen LogP) is 1.59. The molecule has 0 radical (unpaired) electrons. The highest BCUT2D eigenvalue weighted by atomic mass is 16.4. The van der Waals surface area contributed by atoms with Crippen molar-refractivity contribution in [2.75, 3.05) is 0 Å². The molecule has 2 rings (SSSR count). The normalized spacial score (nSPS) is 26.4. The standard InChI is InChI=1S/C15H24BNO3/c1-15(8-3-2-4-9-15)10-7-14(18)17-13(16(19)20)11-12-5-6-12/h2-4,8,12-13,19-20H,5-7,9-11H2,1H3,(H,17,18). The first kappa shape index (κ1) is 15.3. The third-order valence-electron chi connectivity index (χ3n) is 4.24. The molecule has 2 unspecified atom stereocenters. The van der Waals surface area contributed by atoms with Gasteiger partial charge in [-0.1, -0.05) is 44.1 Å². The predicted molar refractivity (Wildman–Crippen MR) is 79.7 cm³/mol. The van der Waals surface area contributed by atoms with Gasteiger partial charge in [-0.05, 0) is 30.6 Å². The summed E-state index contributed by atoms with van der Waals surface area (Å²) in [5.41, 5.74) is 0.0376. The van der Waals surface area contributed by atoms with E-state index in [0.717, 1.165) is 25.7 Å². The maximum absolute atomic E-state index is 12.0. The van der Waals surface area contributed by atoms with Gasteiger partial charge in [0.25, 0.3) is 0 Å². The van der Waals surface area contributed by atoms with E-state index in [-0.39, 0.29) is 11.3 Å². The van der Waals surface area contributed by atoms with E-state index in [1.807, 2.05) is 12.2 Å². The van der Waals surface area contributed by atoms with Crippen LogP contribution in [0.25, 0.3) is 0 Å². The van der Waals surface area contributed by atoms with Crippen molar-refractivity contribution in [2.45, 2.75) is 51.4 Å². The zero-order valence-electron chi connectivity index (χ0n) is 12.1. The van der Waals surface area contributed by atoms with Crippen LogP contribution in [-0.2, 0) is 4.79 Å². The monoisotopic (exact) mass is 277 g/mol. The van der Waals surface area contributed by atoms with Crippen molar-refractivity contribution < 1.29 is 14.8 Å². The fraction of sp³-hybridized carbons (Fsp3) is 0.667. The van der Waals surface area contributed by atoms with Gasteiger partial charge in [-0.2, -0.15) is 0 Å². The molecule has 0 aromatic heterocycles. The number of nitrogens with one attached hydrogen (secondary N) is 1. The Balaban J connectivity index is 1.75. The molecule has 1 amide bonds. The van der Waals surface area contributed by atoms with Gasteiger partial charge in [-0.3, -0.25) is 4.79 Å². The van der Waals surface area contributed by atoms with Crippen LogP contribution in [0, 0.1) is 11.3 Å². The summed E-state index contributed by atoms with van der Waals surface area (Å²) < 4.78 is 0. The Morgan fingerprint density at radius 2 is 2.20 bits per heavy atom. The van der Waals surface area contributed by atoms with Crippen LogP contribution >= 0.6 is 0 Å². The van der Waals surface area contributed by atoms with Gasteiger partial charge in [0, 0.05) is 6.42 Å². The summed E-state index contributed by atoms with van der Waals surface area (Å²) in [7, 11) is -1.47. The minimum Gasteiger partial charge on any atom is -0.426 e. The summed E-state index contributed by atoms with van der Waals surface area (Å²) in [6, 6.07) is 0. The number of allylic oxidation sites excluding steroid dienone is 4. The first-order chi connectivity index (χ1) is 9.48. The van der Waals surface area contributed by atoms with Gasteiger partial charge in [0.1, 0.15) is 0 Å². The van der Waals surface area contributed by atoms with Gasteiger partial charge in [-0.25, -0.2) is 0 Å². The second-order valence-electron chi connectivity index (χ2n) is 6.41. The van der Waals surface area contributed by atoms with Gasteiger partial charge in [0.2, 0.25) is 5.91 Å². The largest absolute Gasteiger partial charge is 0.475 e. The van der Waals surface area contributed by atoms with Crippen molar-refractivity contribution in [3.63, 3.8) is 0 Å². The lowest BCUT2D eigenvalue weighted by Gasteiger charge is -2.26. The summed E-state index contributed by atoms with van der Waals surface area (Å²) in [5, 5.41) is 21.4. The Kier molecular flexibility index (Phi) is 5.05. The molecule has 0 spiro atoms. The maximum Gasteiger partial charge on any atom is 0.475 e. The highest BCUT2D eigenvalue weighted by molar-refractivity contribution is 6.43. The fourth-order valence-corrected chi connectivity index (χ4v) is 2.60. The molecular weight excluding hydrogens is 253 g/mol. The van der Waals surface area contributed by atoms with E-state index in [4.69, 9.17) is 0 Å². The highest BCUT2D eigenvalue weighted by Gasteiger charge is 2.33. The summed E-state index contributed by atoms with van der Waals surface area (Å²) >= 11 is 0. The third-order valence-corrected chi connectivity index (χ3v) is 4.24. The Hall–Kier alpha value is -1.07. The quantitative estimate of drug-likeness (QED) is 0.619. The number of hydrogen-bond donors (Lipinski definition) is 3. The van der Waals surface area contributed by atoms with Crippen LogP contribution in [-0.4, -0.2) is 29.0 Å². The van der Waals surface area contributed by atoms with E-state index >= 15 is 0 Å². The third kappa shape index (κ3) is 4.80. The Labute approximate surface area is 121 Å². The molecule has 1 saturated carbocycles. The van der Waals surface area contributed by atoms with Crippen LogP contribution in [0.3, 0.4) is 0 Å². The molecule has 0 aromatic rings. The molecule has 2 aliphatic carbocycles. The van der Waals surface area contributed by atoms with Crippen LogP contribution < -0.4 is 5.32 Å². The summed E-state index contributed by atoms with van der Waals surface area (Å²) in [4.78, 5) is 12.0. The zero-order valence-corrected chi connectivity index (χ0v) is 12.1. The van der Waals surface area contributed by atoms with Crippen LogP contribution in [0.2, 0.25) is 0 Å². The molecule has 0 bridgehead atoms. The lowest BCUT2D eigenvalue weighted by atomic mass is 9.76. The molecule has 3 N–H and O–H groups in total. The molecule has 20 heavy (non-hydrogen) atoms. The second kappa shape index (κ2) is 6.59. The van der Waals surface area contributed by atoms with E-state index in [0.29, 0.717) is 18.8 Å². The topological polar surface area (TPSA) is 69.6 Å². The smallest absolute Gasteiger partial charge is 0.426 e. The molecule has 4 nitrogen and oxygen atoms in total. The van der Waals surface area contributed by atoms with Crippen LogP contribution in [0.15, 0.2) is 24.3 Å². The van der Waals surface area contributed by atoms with E-state index in [1.165, 1.54) is 0 Å². The molecule has 1 fully saturated rings. The van der Waals surface area contributed by atoms with Crippen molar-refractivity contribution in [1.82, 2.24) is 5.32 Å². The number of carbonyl (C=O) groups excluding carboxylic acids is 1. The number of hydrogen-bond acceptors (Lipinski definition) is 3. The first-order valence-corrected chi connectivity index (χ1v) is 7.48. The van der Waals surface area contributed by atoms with E-state index in [2.05, 4.69) is 24.4 Å². The van der Waals surface area contributed by atoms with Crippen molar-refractivity contribution in [1.29, 1.82) is 0 Å². The van der Waals surface area contributed by atoms with Crippen molar-refractivity contribution in [2.24, 2.45) is 11.3 Å². The first-order valence-electron chi connectivity index (χ1n) is 7.48. The molecule has 0 saturated heterocycles. The van der Waals surface area contributed by atoms with Gasteiger partial charge >= 0.3 is 7.12 Å². The SMILES string of the molecule is CC1(CCC(=O)NC(CC2CC2)B(O)O)C=CC=CC1. The molecular formula is C15H24BNO3. The molecule has 2 aliphatic rings. The summed E-state index contributed by atoms with van der Waals surface area (Å²) in [5.74, 6) is -0.0661. The molecule has 0 aliphatic heterocycles.